The molecular weight excluding hydrogens is 265 g/mol. The van der Waals surface area contributed by atoms with Crippen molar-refractivity contribution >= 4 is 17.3 Å². The average Bonchev–Trinajstić information content (AvgIpc) is 3.14. The van der Waals surface area contributed by atoms with E-state index in [4.69, 9.17) is 0 Å². The second-order valence-corrected chi connectivity index (χ2v) is 5.16. The second kappa shape index (κ2) is 4.82. The van der Waals surface area contributed by atoms with Gasteiger partial charge in [-0.1, -0.05) is 0 Å². The highest BCUT2D eigenvalue weighted by Gasteiger charge is 2.36. The van der Waals surface area contributed by atoms with Gasteiger partial charge in [0.1, 0.15) is 0 Å². The van der Waals surface area contributed by atoms with Gasteiger partial charge in [-0.25, -0.2) is 0 Å². The monoisotopic (exact) mass is 279 g/mol. The smallest absolute Gasteiger partial charge is 0.304 e. The number of nitro benzene ring substituents is 1. The standard InChI is InChI=1S/C13H14FN3O3/c14-10-7-9(3-4-12(10)17(19)20)16-6-5-11(13(16)18)15-8-1-2-8/h3-4,7-8,11,15H,1-2,5-6H2. The first-order chi connectivity index (χ1) is 9.56. The highest BCUT2D eigenvalue weighted by Crippen LogP contribution is 2.28. The molecule has 1 aromatic rings. The Labute approximate surface area is 114 Å². The Kier molecular flexibility index (Phi) is 3.13. The largest absolute Gasteiger partial charge is 0.311 e. The van der Waals surface area contributed by atoms with Gasteiger partial charge in [0.2, 0.25) is 11.7 Å². The third kappa shape index (κ3) is 2.36. The quantitative estimate of drug-likeness (QED) is 0.671. The molecule has 0 spiro atoms. The van der Waals surface area contributed by atoms with E-state index in [1.807, 2.05) is 0 Å². The Morgan fingerprint density at radius 1 is 1.35 bits per heavy atom. The maximum atomic E-state index is 13.6. The van der Waals surface area contributed by atoms with Crippen molar-refractivity contribution in [1.82, 2.24) is 5.32 Å². The predicted molar refractivity (Wildman–Crippen MR) is 70.0 cm³/mol. The van der Waals surface area contributed by atoms with Crippen molar-refractivity contribution in [3.05, 3.63) is 34.1 Å². The fraction of sp³-hybridized carbons (Fsp3) is 0.462. The zero-order valence-electron chi connectivity index (χ0n) is 10.7. The van der Waals surface area contributed by atoms with Gasteiger partial charge in [0.25, 0.3) is 0 Å². The van der Waals surface area contributed by atoms with Gasteiger partial charge in [-0.05, 0) is 25.3 Å². The first-order valence-electron chi connectivity index (χ1n) is 6.57. The number of carbonyl (C=O) groups is 1. The molecule has 0 bridgehead atoms. The summed E-state index contributed by atoms with van der Waals surface area (Å²) in [5.74, 6) is -1.01. The molecule has 1 N–H and O–H groups in total. The van der Waals surface area contributed by atoms with Gasteiger partial charge in [0, 0.05) is 30.4 Å². The molecule has 106 valence electrons. The fourth-order valence-electron chi connectivity index (χ4n) is 2.44. The van der Waals surface area contributed by atoms with Crippen LogP contribution in [0.4, 0.5) is 15.8 Å². The summed E-state index contributed by atoms with van der Waals surface area (Å²) in [5.41, 5.74) is -0.203. The van der Waals surface area contributed by atoms with Gasteiger partial charge in [-0.15, -0.1) is 0 Å². The third-order valence-corrected chi connectivity index (χ3v) is 3.66. The van der Waals surface area contributed by atoms with E-state index in [9.17, 15) is 19.3 Å². The number of amides is 1. The van der Waals surface area contributed by atoms with Crippen LogP contribution in [0, 0.1) is 15.9 Å². The summed E-state index contributed by atoms with van der Waals surface area (Å²) < 4.78 is 13.6. The number of nitrogens with one attached hydrogen (secondary N) is 1. The van der Waals surface area contributed by atoms with Crippen molar-refractivity contribution in [2.75, 3.05) is 11.4 Å². The molecule has 1 saturated heterocycles. The number of nitrogens with zero attached hydrogens (tertiary/aromatic N) is 2. The SMILES string of the molecule is O=C1C(NC2CC2)CCN1c1ccc([N+](=O)[O-])c(F)c1. The molecular formula is C13H14FN3O3. The highest BCUT2D eigenvalue weighted by molar-refractivity contribution is 5.99. The first-order valence-corrected chi connectivity index (χ1v) is 6.57. The van der Waals surface area contributed by atoms with Crippen molar-refractivity contribution in [1.29, 1.82) is 0 Å². The maximum absolute atomic E-state index is 13.6. The molecule has 20 heavy (non-hydrogen) atoms. The normalized spacial score (nSPS) is 22.4. The second-order valence-electron chi connectivity index (χ2n) is 5.16. The van der Waals surface area contributed by atoms with Crippen LogP contribution in [0.2, 0.25) is 0 Å². The molecule has 0 aromatic heterocycles. The molecule has 1 aromatic carbocycles. The lowest BCUT2D eigenvalue weighted by Gasteiger charge is -2.17. The number of benzene rings is 1. The number of halogens is 1. The van der Waals surface area contributed by atoms with Crippen LogP contribution in [0.5, 0.6) is 0 Å². The zero-order chi connectivity index (χ0) is 14.3. The molecule has 1 aliphatic heterocycles. The molecule has 2 aliphatic rings. The van der Waals surface area contributed by atoms with Crippen molar-refractivity contribution in [3.8, 4) is 0 Å². The molecule has 3 rings (SSSR count). The molecule has 1 heterocycles. The average molecular weight is 279 g/mol. The van der Waals surface area contributed by atoms with E-state index < -0.39 is 16.4 Å². The summed E-state index contributed by atoms with van der Waals surface area (Å²) in [4.78, 5) is 23.5. The third-order valence-electron chi connectivity index (χ3n) is 3.66. The maximum Gasteiger partial charge on any atom is 0.304 e. The topological polar surface area (TPSA) is 75.5 Å². The molecule has 1 aliphatic carbocycles. The van der Waals surface area contributed by atoms with E-state index in [0.717, 1.165) is 25.0 Å². The molecule has 1 amide bonds. The number of hydrogen-bond donors (Lipinski definition) is 1. The van der Waals surface area contributed by atoms with Gasteiger partial charge in [0.05, 0.1) is 11.0 Å². The molecule has 1 atom stereocenters. The van der Waals surface area contributed by atoms with Crippen LogP contribution in [0.15, 0.2) is 18.2 Å². The summed E-state index contributed by atoms with van der Waals surface area (Å²) in [6.07, 6.45) is 2.86. The Morgan fingerprint density at radius 3 is 2.70 bits per heavy atom. The zero-order valence-corrected chi connectivity index (χ0v) is 10.7. The lowest BCUT2D eigenvalue weighted by Crippen LogP contribution is -2.39. The number of nitro groups is 1. The van der Waals surface area contributed by atoms with E-state index in [1.165, 1.54) is 11.0 Å². The van der Waals surface area contributed by atoms with Crippen LogP contribution < -0.4 is 10.2 Å². The Balaban J connectivity index is 1.77. The van der Waals surface area contributed by atoms with Gasteiger partial charge in [-0.2, -0.15) is 4.39 Å². The van der Waals surface area contributed by atoms with Gasteiger partial charge in [0.15, 0.2) is 0 Å². The number of hydrogen-bond acceptors (Lipinski definition) is 4. The molecule has 2 fully saturated rings. The molecule has 1 saturated carbocycles. The van der Waals surface area contributed by atoms with Gasteiger partial charge in [-0.3, -0.25) is 14.9 Å². The lowest BCUT2D eigenvalue weighted by molar-refractivity contribution is -0.387. The minimum Gasteiger partial charge on any atom is -0.311 e. The molecule has 0 radical (unpaired) electrons. The van der Waals surface area contributed by atoms with Crippen LogP contribution in [-0.4, -0.2) is 29.5 Å². The van der Waals surface area contributed by atoms with Crippen molar-refractivity contribution < 1.29 is 14.1 Å². The summed E-state index contributed by atoms with van der Waals surface area (Å²) in [7, 11) is 0. The van der Waals surface area contributed by atoms with Crippen LogP contribution in [0.1, 0.15) is 19.3 Å². The number of anilines is 1. The Morgan fingerprint density at radius 2 is 2.10 bits per heavy atom. The Bertz CT molecular complexity index is 574. The number of carbonyl (C=O) groups excluding carboxylic acids is 1. The van der Waals surface area contributed by atoms with Gasteiger partial charge < -0.3 is 10.2 Å². The van der Waals surface area contributed by atoms with Crippen molar-refractivity contribution in [2.24, 2.45) is 0 Å². The molecule has 7 heteroatoms. The minimum absolute atomic E-state index is 0.0925. The summed E-state index contributed by atoms with van der Waals surface area (Å²) >= 11 is 0. The van der Waals surface area contributed by atoms with E-state index >= 15 is 0 Å². The van der Waals surface area contributed by atoms with Crippen LogP contribution in [-0.2, 0) is 4.79 Å². The fourth-order valence-corrected chi connectivity index (χ4v) is 2.44. The first kappa shape index (κ1) is 13.0. The van der Waals surface area contributed by atoms with Crippen LogP contribution in [0.3, 0.4) is 0 Å². The summed E-state index contributed by atoms with van der Waals surface area (Å²) in [6, 6.07) is 3.77. The lowest BCUT2D eigenvalue weighted by atomic mass is 10.2. The predicted octanol–water partition coefficient (Wildman–Crippen LogP) is 1.59. The van der Waals surface area contributed by atoms with E-state index in [1.54, 1.807) is 0 Å². The van der Waals surface area contributed by atoms with Gasteiger partial charge >= 0.3 is 5.69 Å². The van der Waals surface area contributed by atoms with Crippen molar-refractivity contribution in [3.63, 3.8) is 0 Å². The van der Waals surface area contributed by atoms with E-state index in [2.05, 4.69) is 5.32 Å². The summed E-state index contributed by atoms with van der Waals surface area (Å²) in [5, 5.41) is 13.8. The minimum atomic E-state index is -0.918. The Hall–Kier alpha value is -2.02. The van der Waals surface area contributed by atoms with E-state index in [-0.39, 0.29) is 11.9 Å². The van der Waals surface area contributed by atoms with Crippen molar-refractivity contribution in [2.45, 2.75) is 31.3 Å². The summed E-state index contributed by atoms with van der Waals surface area (Å²) in [6.45, 7) is 0.500. The van der Waals surface area contributed by atoms with Crippen LogP contribution in [0.25, 0.3) is 0 Å². The molecule has 1 unspecified atom stereocenters. The van der Waals surface area contributed by atoms with E-state index in [0.29, 0.717) is 24.7 Å². The molecule has 6 nitrogen and oxygen atoms in total. The van der Waals surface area contributed by atoms with Crippen LogP contribution >= 0.6 is 0 Å². The highest BCUT2D eigenvalue weighted by atomic mass is 19.1. The number of rotatable bonds is 4.